The smallest absolute Gasteiger partial charge is 0.264 e. The Morgan fingerprint density at radius 1 is 1.24 bits per heavy atom. The van der Waals surface area contributed by atoms with Crippen molar-refractivity contribution in [2.45, 2.75) is 30.8 Å². The molecule has 2 unspecified atom stereocenters. The van der Waals surface area contributed by atoms with Crippen molar-refractivity contribution < 1.29 is 13.2 Å². The molecule has 25 heavy (non-hydrogen) atoms. The topological polar surface area (TPSA) is 46.6 Å². The van der Waals surface area contributed by atoms with Gasteiger partial charge in [-0.1, -0.05) is 30.3 Å². The van der Waals surface area contributed by atoms with Crippen molar-refractivity contribution >= 4 is 27.3 Å². The third-order valence-corrected chi connectivity index (χ3v) is 6.72. The fourth-order valence-corrected chi connectivity index (χ4v) is 5.01. The Morgan fingerprint density at radius 2 is 1.96 bits per heavy atom. The molecule has 0 radical (unpaired) electrons. The Kier molecular flexibility index (Phi) is 5.37. The summed E-state index contributed by atoms with van der Waals surface area (Å²) in [6.45, 7) is 4.88. The first-order valence-electron chi connectivity index (χ1n) is 8.38. The summed E-state index contributed by atoms with van der Waals surface area (Å²) in [5.41, 5.74) is 2.64. The molecule has 1 heterocycles. The van der Waals surface area contributed by atoms with Crippen LogP contribution in [0.15, 0.2) is 53.4 Å². The molecule has 3 rings (SSSR count). The molecule has 2 aromatic rings. The van der Waals surface area contributed by atoms with Gasteiger partial charge in [-0.2, -0.15) is 0 Å². The molecular weight excluding hydrogens is 358 g/mol. The Labute approximate surface area is 154 Å². The lowest BCUT2D eigenvalue weighted by Gasteiger charge is -2.21. The lowest BCUT2D eigenvalue weighted by Crippen LogP contribution is -2.30. The van der Waals surface area contributed by atoms with E-state index in [4.69, 9.17) is 16.3 Å². The first-order chi connectivity index (χ1) is 12.0. The van der Waals surface area contributed by atoms with Gasteiger partial charge < -0.3 is 4.74 Å². The molecule has 0 aliphatic carbocycles. The van der Waals surface area contributed by atoms with Crippen molar-refractivity contribution in [1.82, 2.24) is 0 Å². The molecule has 0 N–H and O–H groups in total. The highest BCUT2D eigenvalue weighted by Gasteiger charge is 2.36. The van der Waals surface area contributed by atoms with E-state index in [9.17, 15) is 8.42 Å². The number of hydrogen-bond acceptors (Lipinski definition) is 3. The maximum atomic E-state index is 13.1. The predicted octanol–water partition coefficient (Wildman–Crippen LogP) is 4.32. The van der Waals surface area contributed by atoms with E-state index in [0.29, 0.717) is 29.6 Å². The van der Waals surface area contributed by atoms with Crippen LogP contribution in [0.5, 0.6) is 0 Å². The number of rotatable bonds is 6. The number of alkyl halides is 1. The maximum absolute atomic E-state index is 13.1. The standard InChI is InChI=1S/C19H22ClNO3S/c1-3-24-14(2)15-9-10-18-16(12-20)13-21(19(18)11-15)25(22,23)17-7-5-4-6-8-17/h4-11,14,16H,3,12-13H2,1-2H3. The fourth-order valence-electron chi connectivity index (χ4n) is 3.20. The van der Waals surface area contributed by atoms with Crippen molar-refractivity contribution in [2.24, 2.45) is 0 Å². The zero-order valence-electron chi connectivity index (χ0n) is 14.4. The lowest BCUT2D eigenvalue weighted by molar-refractivity contribution is 0.0764. The van der Waals surface area contributed by atoms with E-state index in [1.807, 2.05) is 32.0 Å². The van der Waals surface area contributed by atoms with Gasteiger partial charge in [-0.3, -0.25) is 4.31 Å². The van der Waals surface area contributed by atoms with Crippen LogP contribution >= 0.6 is 11.6 Å². The first kappa shape index (κ1) is 18.2. The van der Waals surface area contributed by atoms with Crippen LogP contribution in [-0.2, 0) is 14.8 Å². The highest BCUT2D eigenvalue weighted by atomic mass is 35.5. The third kappa shape index (κ3) is 3.41. The summed E-state index contributed by atoms with van der Waals surface area (Å²) in [4.78, 5) is 0.291. The average Bonchev–Trinajstić information content (AvgIpc) is 3.01. The summed E-state index contributed by atoms with van der Waals surface area (Å²) in [6, 6.07) is 14.4. The van der Waals surface area contributed by atoms with Crippen LogP contribution in [0, 0.1) is 0 Å². The summed E-state index contributed by atoms with van der Waals surface area (Å²) in [5, 5.41) is 0. The molecule has 0 bridgehead atoms. The number of ether oxygens (including phenoxy) is 1. The van der Waals surface area contributed by atoms with Crippen molar-refractivity contribution in [3.05, 3.63) is 59.7 Å². The van der Waals surface area contributed by atoms with E-state index < -0.39 is 10.0 Å². The molecule has 0 amide bonds. The van der Waals surface area contributed by atoms with E-state index in [0.717, 1.165) is 11.1 Å². The second-order valence-corrected chi connectivity index (χ2v) is 8.29. The third-order valence-electron chi connectivity index (χ3n) is 4.55. The second kappa shape index (κ2) is 7.36. The highest BCUT2D eigenvalue weighted by molar-refractivity contribution is 7.92. The van der Waals surface area contributed by atoms with E-state index >= 15 is 0 Å². The van der Waals surface area contributed by atoms with Crippen LogP contribution in [0.25, 0.3) is 0 Å². The van der Waals surface area contributed by atoms with Crippen LogP contribution in [0.1, 0.15) is 37.0 Å². The Hall–Kier alpha value is -1.56. The molecule has 2 aromatic carbocycles. The van der Waals surface area contributed by atoms with Gasteiger partial charge in [-0.25, -0.2) is 8.42 Å². The van der Waals surface area contributed by atoms with Gasteiger partial charge in [0.25, 0.3) is 10.0 Å². The minimum atomic E-state index is -3.62. The lowest BCUT2D eigenvalue weighted by atomic mass is 10.00. The van der Waals surface area contributed by atoms with Crippen molar-refractivity contribution in [1.29, 1.82) is 0 Å². The van der Waals surface area contributed by atoms with Crippen molar-refractivity contribution in [2.75, 3.05) is 23.3 Å². The van der Waals surface area contributed by atoms with Crippen LogP contribution in [0.2, 0.25) is 0 Å². The minimum absolute atomic E-state index is 0.00777. The number of nitrogens with zero attached hydrogens (tertiary/aromatic N) is 1. The van der Waals surface area contributed by atoms with Gasteiger partial charge in [0.15, 0.2) is 0 Å². The van der Waals surface area contributed by atoms with Crippen LogP contribution < -0.4 is 4.31 Å². The molecule has 0 fully saturated rings. The minimum Gasteiger partial charge on any atom is -0.374 e. The number of halogens is 1. The quantitative estimate of drug-likeness (QED) is 0.702. The SMILES string of the molecule is CCOC(C)c1ccc2c(c1)N(S(=O)(=O)c1ccccc1)CC2CCl. The monoisotopic (exact) mass is 379 g/mol. The van der Waals surface area contributed by atoms with Gasteiger partial charge in [0.1, 0.15) is 0 Å². The first-order valence-corrected chi connectivity index (χ1v) is 10.4. The van der Waals surface area contributed by atoms with E-state index in [-0.39, 0.29) is 12.0 Å². The summed E-state index contributed by atoms with van der Waals surface area (Å²) in [5.74, 6) is 0.375. The van der Waals surface area contributed by atoms with Gasteiger partial charge in [0.2, 0.25) is 0 Å². The van der Waals surface area contributed by atoms with Gasteiger partial charge in [0, 0.05) is 24.9 Å². The maximum Gasteiger partial charge on any atom is 0.264 e. The largest absolute Gasteiger partial charge is 0.374 e. The molecule has 0 saturated carbocycles. The molecule has 4 nitrogen and oxygen atoms in total. The molecule has 134 valence electrons. The summed E-state index contributed by atoms with van der Waals surface area (Å²) < 4.78 is 33.4. The molecule has 0 aromatic heterocycles. The van der Waals surface area contributed by atoms with E-state index in [1.54, 1.807) is 30.3 Å². The number of sulfonamides is 1. The zero-order chi connectivity index (χ0) is 18.0. The van der Waals surface area contributed by atoms with Crippen LogP contribution in [0.4, 0.5) is 5.69 Å². The van der Waals surface area contributed by atoms with E-state index in [2.05, 4.69) is 0 Å². The zero-order valence-corrected chi connectivity index (χ0v) is 15.9. The molecule has 1 aliphatic rings. The molecule has 2 atom stereocenters. The average molecular weight is 380 g/mol. The Bertz CT molecular complexity index is 839. The number of hydrogen-bond donors (Lipinski definition) is 0. The molecular formula is C19H22ClNO3S. The number of anilines is 1. The molecule has 0 spiro atoms. The Morgan fingerprint density at radius 3 is 2.60 bits per heavy atom. The van der Waals surface area contributed by atoms with Gasteiger partial charge >= 0.3 is 0 Å². The fraction of sp³-hybridized carbons (Fsp3) is 0.368. The summed E-state index contributed by atoms with van der Waals surface area (Å²) >= 11 is 6.10. The Balaban J connectivity index is 2.06. The number of fused-ring (bicyclic) bond motifs is 1. The van der Waals surface area contributed by atoms with E-state index in [1.165, 1.54) is 4.31 Å². The predicted molar refractivity (Wildman–Crippen MR) is 101 cm³/mol. The van der Waals surface area contributed by atoms with Crippen molar-refractivity contribution in [3.8, 4) is 0 Å². The van der Waals surface area contributed by atoms with Gasteiger partial charge in [-0.05, 0) is 43.2 Å². The second-order valence-electron chi connectivity index (χ2n) is 6.12. The van der Waals surface area contributed by atoms with Gasteiger partial charge in [-0.15, -0.1) is 11.6 Å². The molecule has 6 heteroatoms. The van der Waals surface area contributed by atoms with Crippen LogP contribution in [0.3, 0.4) is 0 Å². The normalized spacial score (nSPS) is 18.2. The van der Waals surface area contributed by atoms with Crippen LogP contribution in [-0.4, -0.2) is 27.4 Å². The number of benzene rings is 2. The van der Waals surface area contributed by atoms with Crippen molar-refractivity contribution in [3.63, 3.8) is 0 Å². The summed E-state index contributed by atoms with van der Waals surface area (Å²) in [7, 11) is -3.62. The van der Waals surface area contributed by atoms with Gasteiger partial charge in [0.05, 0.1) is 16.7 Å². The highest BCUT2D eigenvalue weighted by Crippen LogP contribution is 2.41. The molecule has 0 saturated heterocycles. The molecule has 1 aliphatic heterocycles. The summed E-state index contributed by atoms with van der Waals surface area (Å²) in [6.07, 6.45) is -0.0911.